The van der Waals surface area contributed by atoms with Crippen molar-refractivity contribution >= 4 is 35.2 Å². The molecule has 1 fully saturated rings. The predicted molar refractivity (Wildman–Crippen MR) is 98.3 cm³/mol. The van der Waals surface area contributed by atoms with Gasteiger partial charge in [0, 0.05) is 24.1 Å². The topological polar surface area (TPSA) is 107 Å². The highest BCUT2D eigenvalue weighted by molar-refractivity contribution is 7.12. The fourth-order valence-electron chi connectivity index (χ4n) is 3.46. The van der Waals surface area contributed by atoms with Crippen LogP contribution in [0.25, 0.3) is 0 Å². The molecular formula is C18H23N3O5S. The molecular weight excluding hydrogens is 370 g/mol. The number of carbonyl (C=O) groups excluding carboxylic acids is 3. The molecule has 146 valence electrons. The molecule has 4 amide bonds. The molecule has 0 aromatic carbocycles. The summed E-state index contributed by atoms with van der Waals surface area (Å²) in [4.78, 5) is 51.7. The van der Waals surface area contributed by atoms with Gasteiger partial charge in [0.15, 0.2) is 0 Å². The number of fused-ring (bicyclic) bond motifs is 1. The molecule has 1 aromatic rings. The largest absolute Gasteiger partial charge is 0.465 e. The second kappa shape index (κ2) is 6.95. The zero-order valence-corrected chi connectivity index (χ0v) is 16.4. The molecule has 1 aromatic heterocycles. The normalized spacial score (nSPS) is 20.3. The number of hydrogen-bond acceptors (Lipinski definition) is 5. The van der Waals surface area contributed by atoms with E-state index in [9.17, 15) is 24.3 Å². The SMILES string of the molecule is CC(C)(C)N(Cc1csc2c1CN(C1CCCC(=O)NC1=O)C2=O)C(=O)O. The first-order chi connectivity index (χ1) is 12.6. The minimum absolute atomic E-state index is 0.182. The van der Waals surface area contributed by atoms with E-state index in [1.54, 1.807) is 0 Å². The third-order valence-corrected chi connectivity index (χ3v) is 6.02. The summed E-state index contributed by atoms with van der Waals surface area (Å²) in [5.74, 6) is -0.982. The molecule has 1 atom stereocenters. The molecule has 1 saturated heterocycles. The molecule has 27 heavy (non-hydrogen) atoms. The van der Waals surface area contributed by atoms with Crippen molar-refractivity contribution < 1.29 is 24.3 Å². The van der Waals surface area contributed by atoms with Crippen LogP contribution in [0.15, 0.2) is 5.38 Å². The molecule has 0 radical (unpaired) electrons. The van der Waals surface area contributed by atoms with Crippen LogP contribution in [0.4, 0.5) is 4.79 Å². The molecule has 3 heterocycles. The van der Waals surface area contributed by atoms with Crippen LogP contribution >= 0.6 is 11.3 Å². The monoisotopic (exact) mass is 393 g/mol. The minimum atomic E-state index is -1.02. The van der Waals surface area contributed by atoms with Crippen molar-refractivity contribution in [1.29, 1.82) is 0 Å². The van der Waals surface area contributed by atoms with E-state index in [4.69, 9.17) is 0 Å². The van der Waals surface area contributed by atoms with Gasteiger partial charge in [0.1, 0.15) is 6.04 Å². The van der Waals surface area contributed by atoms with Gasteiger partial charge >= 0.3 is 6.09 Å². The number of imide groups is 1. The molecule has 0 spiro atoms. The van der Waals surface area contributed by atoms with Gasteiger partial charge in [-0.15, -0.1) is 11.3 Å². The number of nitrogens with zero attached hydrogens (tertiary/aromatic N) is 2. The Labute approximate surface area is 161 Å². The van der Waals surface area contributed by atoms with Gasteiger partial charge < -0.3 is 10.0 Å². The predicted octanol–water partition coefficient (Wildman–Crippen LogP) is 2.18. The Balaban J connectivity index is 1.83. The van der Waals surface area contributed by atoms with E-state index in [0.29, 0.717) is 17.7 Å². The zero-order chi connectivity index (χ0) is 19.9. The number of carboxylic acid groups (broad SMARTS) is 1. The number of nitrogens with one attached hydrogen (secondary N) is 1. The van der Waals surface area contributed by atoms with E-state index >= 15 is 0 Å². The van der Waals surface area contributed by atoms with Crippen LogP contribution in [-0.4, -0.2) is 50.3 Å². The van der Waals surface area contributed by atoms with E-state index < -0.39 is 23.6 Å². The summed E-state index contributed by atoms with van der Waals surface area (Å²) >= 11 is 1.28. The average molecular weight is 393 g/mol. The highest BCUT2D eigenvalue weighted by atomic mass is 32.1. The van der Waals surface area contributed by atoms with Gasteiger partial charge in [0.2, 0.25) is 11.8 Å². The van der Waals surface area contributed by atoms with Crippen LogP contribution in [0.3, 0.4) is 0 Å². The van der Waals surface area contributed by atoms with E-state index in [2.05, 4.69) is 5.32 Å². The molecule has 0 bridgehead atoms. The Bertz CT molecular complexity index is 810. The van der Waals surface area contributed by atoms with Gasteiger partial charge in [-0.2, -0.15) is 0 Å². The van der Waals surface area contributed by atoms with Gasteiger partial charge in [-0.3, -0.25) is 24.6 Å². The van der Waals surface area contributed by atoms with Crippen LogP contribution in [-0.2, 0) is 22.7 Å². The van der Waals surface area contributed by atoms with Crippen molar-refractivity contribution in [2.45, 2.75) is 64.7 Å². The maximum Gasteiger partial charge on any atom is 0.408 e. The number of thiophene rings is 1. The summed E-state index contributed by atoms with van der Waals surface area (Å²) in [6, 6.07) is -0.672. The molecule has 3 rings (SSSR count). The summed E-state index contributed by atoms with van der Waals surface area (Å²) in [5, 5.41) is 13.7. The lowest BCUT2D eigenvalue weighted by molar-refractivity contribution is -0.132. The van der Waals surface area contributed by atoms with Crippen LogP contribution < -0.4 is 5.32 Å². The molecule has 0 saturated carbocycles. The van der Waals surface area contributed by atoms with Crippen LogP contribution in [0.2, 0.25) is 0 Å². The standard InChI is InChI=1S/C18H23N3O5S/c1-18(2,3)21(17(25)26)7-10-9-27-14-11(10)8-20(16(14)24)12-5-4-6-13(22)19-15(12)23/h9,12H,4-8H2,1-3H3,(H,25,26)(H,19,22,23). The third-order valence-electron chi connectivity index (χ3n) is 4.96. The quantitative estimate of drug-likeness (QED) is 0.766. The number of carbonyl (C=O) groups is 4. The van der Waals surface area contributed by atoms with E-state index in [0.717, 1.165) is 11.1 Å². The molecule has 2 N–H and O–H groups in total. The lowest BCUT2D eigenvalue weighted by Crippen LogP contribution is -2.47. The van der Waals surface area contributed by atoms with E-state index in [1.165, 1.54) is 21.1 Å². The zero-order valence-electron chi connectivity index (χ0n) is 15.6. The Kier molecular flexibility index (Phi) is 4.98. The lowest BCUT2D eigenvalue weighted by Gasteiger charge is -2.33. The van der Waals surface area contributed by atoms with Gasteiger partial charge in [-0.05, 0) is 44.6 Å². The Morgan fingerprint density at radius 2 is 2.07 bits per heavy atom. The maximum absolute atomic E-state index is 12.8. The average Bonchev–Trinajstić information content (AvgIpc) is 3.03. The lowest BCUT2D eigenvalue weighted by atomic mass is 10.0. The second-order valence-electron chi connectivity index (χ2n) is 7.86. The first-order valence-electron chi connectivity index (χ1n) is 8.84. The van der Waals surface area contributed by atoms with Gasteiger partial charge in [-0.25, -0.2) is 4.79 Å². The summed E-state index contributed by atoms with van der Waals surface area (Å²) in [6.45, 7) is 5.89. The van der Waals surface area contributed by atoms with Gasteiger partial charge in [0.25, 0.3) is 5.91 Å². The summed E-state index contributed by atoms with van der Waals surface area (Å²) in [6.07, 6.45) is 0.238. The van der Waals surface area contributed by atoms with Crippen molar-refractivity contribution in [3.05, 3.63) is 21.4 Å². The molecule has 9 heteroatoms. The smallest absolute Gasteiger partial charge is 0.408 e. The number of hydrogen-bond donors (Lipinski definition) is 2. The fraction of sp³-hybridized carbons (Fsp3) is 0.556. The molecule has 2 aliphatic rings. The van der Waals surface area contributed by atoms with Gasteiger partial charge in [-0.1, -0.05) is 0 Å². The summed E-state index contributed by atoms with van der Waals surface area (Å²) < 4.78 is 0. The van der Waals surface area contributed by atoms with Crippen LogP contribution in [0.5, 0.6) is 0 Å². The summed E-state index contributed by atoms with van der Waals surface area (Å²) in [5.41, 5.74) is 0.988. The Morgan fingerprint density at radius 1 is 1.37 bits per heavy atom. The minimum Gasteiger partial charge on any atom is -0.465 e. The second-order valence-corrected chi connectivity index (χ2v) is 8.74. The number of amides is 4. The Morgan fingerprint density at radius 3 is 2.70 bits per heavy atom. The number of rotatable bonds is 3. The van der Waals surface area contributed by atoms with Crippen molar-refractivity contribution in [3.63, 3.8) is 0 Å². The molecule has 0 aliphatic carbocycles. The van der Waals surface area contributed by atoms with Crippen LogP contribution in [0.1, 0.15) is 60.8 Å². The Hall–Kier alpha value is -2.42. The first kappa shape index (κ1) is 19.3. The maximum atomic E-state index is 12.8. The summed E-state index contributed by atoms with van der Waals surface area (Å²) in [7, 11) is 0. The van der Waals surface area contributed by atoms with Crippen LogP contribution in [0, 0.1) is 0 Å². The highest BCUT2D eigenvalue weighted by Gasteiger charge is 2.40. The molecule has 8 nitrogen and oxygen atoms in total. The third kappa shape index (κ3) is 3.69. The molecule has 2 aliphatic heterocycles. The molecule has 1 unspecified atom stereocenters. The van der Waals surface area contributed by atoms with Crippen molar-refractivity contribution in [3.8, 4) is 0 Å². The van der Waals surface area contributed by atoms with E-state index in [-0.39, 0.29) is 31.3 Å². The first-order valence-corrected chi connectivity index (χ1v) is 9.72. The van der Waals surface area contributed by atoms with Gasteiger partial charge in [0.05, 0.1) is 11.4 Å². The highest BCUT2D eigenvalue weighted by Crippen LogP contribution is 2.35. The van der Waals surface area contributed by atoms with E-state index in [1.807, 2.05) is 26.2 Å². The fourth-order valence-corrected chi connectivity index (χ4v) is 4.49. The van der Waals surface area contributed by atoms with Crippen molar-refractivity contribution in [2.24, 2.45) is 0 Å². The van der Waals surface area contributed by atoms with Crippen molar-refractivity contribution in [2.75, 3.05) is 0 Å². The van der Waals surface area contributed by atoms with Crippen molar-refractivity contribution in [1.82, 2.24) is 15.1 Å².